The lowest BCUT2D eigenvalue weighted by atomic mass is 10.3. The summed E-state index contributed by atoms with van der Waals surface area (Å²) in [6, 6.07) is 7.42. The second-order valence-electron chi connectivity index (χ2n) is 4.54. The van der Waals surface area contributed by atoms with Crippen molar-refractivity contribution in [2.75, 3.05) is 13.7 Å². The molecule has 5 nitrogen and oxygen atoms in total. The molecule has 112 valence electrons. The zero-order chi connectivity index (χ0) is 15.2. The Labute approximate surface area is 127 Å². The fraction of sp³-hybridized carbons (Fsp3) is 0.333. The van der Waals surface area contributed by atoms with Crippen LogP contribution in [-0.4, -0.2) is 30.6 Å². The summed E-state index contributed by atoms with van der Waals surface area (Å²) in [6.45, 7) is 4.15. The van der Waals surface area contributed by atoms with E-state index < -0.39 is 0 Å². The molecule has 0 bridgehead atoms. The Kier molecular flexibility index (Phi) is 5.16. The van der Waals surface area contributed by atoms with Gasteiger partial charge in [0.1, 0.15) is 11.8 Å². The van der Waals surface area contributed by atoms with Gasteiger partial charge in [0.15, 0.2) is 11.5 Å². The molecule has 1 atom stereocenters. The van der Waals surface area contributed by atoms with Crippen LogP contribution in [0.1, 0.15) is 22.4 Å². The molecule has 1 heterocycles. The largest absolute Gasteiger partial charge is 0.493 e. The standard InChI is InChI=1S/C15H18N2O3S/c1-10(20-14-7-5-4-6-13(14)19-3)8-16-15(18)12-9-21-11(2)17-12/h4-7,9-10H,8H2,1-3H3,(H,16,18)/t10-/m1/s1. The number of nitrogens with zero attached hydrogens (tertiary/aromatic N) is 1. The average Bonchev–Trinajstić information content (AvgIpc) is 2.92. The fourth-order valence-electron chi connectivity index (χ4n) is 1.77. The number of hydrogen-bond acceptors (Lipinski definition) is 5. The van der Waals surface area contributed by atoms with Crippen LogP contribution in [0.5, 0.6) is 11.5 Å². The maximum atomic E-state index is 11.9. The number of para-hydroxylation sites is 2. The molecule has 0 saturated carbocycles. The lowest BCUT2D eigenvalue weighted by molar-refractivity contribution is 0.0927. The van der Waals surface area contributed by atoms with Gasteiger partial charge >= 0.3 is 0 Å². The number of aryl methyl sites for hydroxylation is 1. The predicted octanol–water partition coefficient (Wildman–Crippen LogP) is 2.66. The van der Waals surface area contributed by atoms with Crippen molar-refractivity contribution in [1.82, 2.24) is 10.3 Å². The first-order chi connectivity index (χ1) is 10.1. The molecule has 2 aromatic rings. The summed E-state index contributed by atoms with van der Waals surface area (Å²) in [5, 5.41) is 5.43. The van der Waals surface area contributed by atoms with Crippen LogP contribution in [0.2, 0.25) is 0 Å². The highest BCUT2D eigenvalue weighted by molar-refractivity contribution is 7.09. The smallest absolute Gasteiger partial charge is 0.270 e. The number of carbonyl (C=O) groups excluding carboxylic acids is 1. The maximum Gasteiger partial charge on any atom is 0.270 e. The lowest BCUT2D eigenvalue weighted by Crippen LogP contribution is -2.33. The van der Waals surface area contributed by atoms with Crippen molar-refractivity contribution in [3.8, 4) is 11.5 Å². The zero-order valence-electron chi connectivity index (χ0n) is 12.3. The maximum absolute atomic E-state index is 11.9. The minimum Gasteiger partial charge on any atom is -0.493 e. The highest BCUT2D eigenvalue weighted by atomic mass is 32.1. The Bertz CT molecular complexity index is 612. The van der Waals surface area contributed by atoms with Crippen molar-refractivity contribution in [1.29, 1.82) is 0 Å². The first-order valence-electron chi connectivity index (χ1n) is 6.60. The number of carbonyl (C=O) groups is 1. The van der Waals surface area contributed by atoms with Crippen LogP contribution < -0.4 is 14.8 Å². The van der Waals surface area contributed by atoms with Gasteiger partial charge in [-0.25, -0.2) is 4.98 Å². The Balaban J connectivity index is 1.87. The second kappa shape index (κ2) is 7.08. The van der Waals surface area contributed by atoms with Crippen molar-refractivity contribution in [3.05, 3.63) is 40.3 Å². The molecule has 0 radical (unpaired) electrons. The van der Waals surface area contributed by atoms with Crippen LogP contribution in [0.15, 0.2) is 29.6 Å². The molecule has 1 aromatic heterocycles. The number of ether oxygens (including phenoxy) is 2. The fourth-order valence-corrected chi connectivity index (χ4v) is 2.36. The summed E-state index contributed by atoms with van der Waals surface area (Å²) in [6.07, 6.45) is -0.176. The predicted molar refractivity (Wildman–Crippen MR) is 82.3 cm³/mol. The monoisotopic (exact) mass is 306 g/mol. The number of rotatable bonds is 6. The molecule has 0 saturated heterocycles. The van der Waals surface area contributed by atoms with Crippen molar-refractivity contribution in [3.63, 3.8) is 0 Å². The van der Waals surface area contributed by atoms with Gasteiger partial charge in [-0.1, -0.05) is 12.1 Å². The highest BCUT2D eigenvalue weighted by Crippen LogP contribution is 2.26. The minimum absolute atomic E-state index is 0.176. The molecule has 2 rings (SSSR count). The van der Waals surface area contributed by atoms with Gasteiger partial charge in [-0.15, -0.1) is 11.3 Å². The molecule has 1 N–H and O–H groups in total. The van der Waals surface area contributed by atoms with Crippen LogP contribution >= 0.6 is 11.3 Å². The number of benzene rings is 1. The highest BCUT2D eigenvalue weighted by Gasteiger charge is 2.12. The molecular formula is C15H18N2O3S. The van der Waals surface area contributed by atoms with Gasteiger partial charge in [-0.2, -0.15) is 0 Å². The Hall–Kier alpha value is -2.08. The second-order valence-corrected chi connectivity index (χ2v) is 5.60. The summed E-state index contributed by atoms with van der Waals surface area (Å²) in [5.41, 5.74) is 0.446. The minimum atomic E-state index is -0.185. The van der Waals surface area contributed by atoms with Gasteiger partial charge in [0.2, 0.25) is 0 Å². The number of thiazole rings is 1. The molecule has 1 aromatic carbocycles. The van der Waals surface area contributed by atoms with E-state index in [1.807, 2.05) is 38.1 Å². The van der Waals surface area contributed by atoms with E-state index in [9.17, 15) is 4.79 Å². The number of methoxy groups -OCH3 is 1. The number of nitrogens with one attached hydrogen (secondary N) is 1. The topological polar surface area (TPSA) is 60.5 Å². The molecule has 0 spiro atoms. The van der Waals surface area contributed by atoms with Crippen LogP contribution in [0.3, 0.4) is 0 Å². The van der Waals surface area contributed by atoms with E-state index in [0.29, 0.717) is 23.7 Å². The normalized spacial score (nSPS) is 11.8. The molecule has 6 heteroatoms. The van der Waals surface area contributed by atoms with Gasteiger partial charge in [0, 0.05) is 5.38 Å². The molecule has 0 aliphatic rings. The number of amides is 1. The van der Waals surface area contributed by atoms with Gasteiger partial charge in [-0.05, 0) is 26.0 Å². The van der Waals surface area contributed by atoms with E-state index in [-0.39, 0.29) is 12.0 Å². The SMILES string of the molecule is COc1ccccc1O[C@H](C)CNC(=O)c1csc(C)n1. The van der Waals surface area contributed by atoms with E-state index in [0.717, 1.165) is 5.01 Å². The van der Waals surface area contributed by atoms with Crippen LogP contribution in [0.4, 0.5) is 0 Å². The third kappa shape index (κ3) is 4.19. The average molecular weight is 306 g/mol. The quantitative estimate of drug-likeness (QED) is 0.891. The summed E-state index contributed by atoms with van der Waals surface area (Å²) in [4.78, 5) is 16.0. The number of aromatic nitrogens is 1. The summed E-state index contributed by atoms with van der Waals surface area (Å²) in [5.74, 6) is 1.15. The lowest BCUT2D eigenvalue weighted by Gasteiger charge is -2.17. The van der Waals surface area contributed by atoms with E-state index in [1.165, 1.54) is 11.3 Å². The molecule has 0 aliphatic heterocycles. The van der Waals surface area contributed by atoms with Gasteiger partial charge < -0.3 is 14.8 Å². The molecule has 0 unspecified atom stereocenters. The summed E-state index contributed by atoms with van der Waals surface area (Å²) in [7, 11) is 1.60. The van der Waals surface area contributed by atoms with Gasteiger partial charge in [0.05, 0.1) is 18.7 Å². The Morgan fingerprint density at radius 1 is 1.38 bits per heavy atom. The molecule has 21 heavy (non-hydrogen) atoms. The van der Waals surface area contributed by atoms with Crippen LogP contribution in [0.25, 0.3) is 0 Å². The first kappa shape index (κ1) is 15.3. The summed E-state index contributed by atoms with van der Waals surface area (Å²) >= 11 is 1.45. The molecule has 0 aliphatic carbocycles. The molecule has 1 amide bonds. The van der Waals surface area contributed by atoms with E-state index in [1.54, 1.807) is 12.5 Å². The number of hydrogen-bond donors (Lipinski definition) is 1. The van der Waals surface area contributed by atoms with Crippen LogP contribution in [0, 0.1) is 6.92 Å². The third-order valence-electron chi connectivity index (χ3n) is 2.80. The third-order valence-corrected chi connectivity index (χ3v) is 3.57. The van der Waals surface area contributed by atoms with Gasteiger partial charge in [-0.3, -0.25) is 4.79 Å². The van der Waals surface area contributed by atoms with Gasteiger partial charge in [0.25, 0.3) is 5.91 Å². The van der Waals surface area contributed by atoms with E-state index in [4.69, 9.17) is 9.47 Å². The van der Waals surface area contributed by atoms with E-state index in [2.05, 4.69) is 10.3 Å². The Morgan fingerprint density at radius 2 is 2.10 bits per heavy atom. The van der Waals surface area contributed by atoms with Crippen molar-refractivity contribution < 1.29 is 14.3 Å². The first-order valence-corrected chi connectivity index (χ1v) is 7.48. The Morgan fingerprint density at radius 3 is 2.71 bits per heavy atom. The molecule has 0 fully saturated rings. The van der Waals surface area contributed by atoms with E-state index >= 15 is 0 Å². The van der Waals surface area contributed by atoms with Crippen molar-refractivity contribution >= 4 is 17.2 Å². The van der Waals surface area contributed by atoms with Crippen molar-refractivity contribution in [2.24, 2.45) is 0 Å². The zero-order valence-corrected chi connectivity index (χ0v) is 13.1. The summed E-state index contributed by atoms with van der Waals surface area (Å²) < 4.78 is 11.0. The van der Waals surface area contributed by atoms with Crippen molar-refractivity contribution in [2.45, 2.75) is 20.0 Å². The molecular weight excluding hydrogens is 288 g/mol. The van der Waals surface area contributed by atoms with Crippen LogP contribution in [-0.2, 0) is 0 Å².